The minimum Gasteiger partial charge on any atom is -0.380 e. The lowest BCUT2D eigenvalue weighted by atomic mass is 10.3. The molecule has 0 spiro atoms. The number of halogens is 3. The van der Waals surface area contributed by atoms with Crippen LogP contribution in [0.4, 0.5) is 13.2 Å². The van der Waals surface area contributed by atoms with Crippen LogP contribution in [0.15, 0.2) is 6.20 Å². The van der Waals surface area contributed by atoms with Gasteiger partial charge in [-0.15, -0.1) is 5.10 Å². The number of aromatic nitrogens is 3. The molecule has 5 nitrogen and oxygen atoms in total. The summed E-state index contributed by atoms with van der Waals surface area (Å²) in [7, 11) is 0. The zero-order valence-corrected chi connectivity index (χ0v) is 9.28. The molecule has 0 atom stereocenters. The van der Waals surface area contributed by atoms with E-state index < -0.39 is 12.6 Å². The summed E-state index contributed by atoms with van der Waals surface area (Å²) >= 11 is 0. The zero-order valence-electron chi connectivity index (χ0n) is 9.28. The Kier molecular flexibility index (Phi) is 5.36. The Morgan fingerprint density at radius 2 is 2.12 bits per heavy atom. The minimum absolute atomic E-state index is 0.0189. The number of hydrogen-bond acceptors (Lipinski definition) is 4. The molecule has 0 fully saturated rings. The Hall–Kier alpha value is -1.15. The van der Waals surface area contributed by atoms with Crippen molar-refractivity contribution in [3.05, 3.63) is 11.9 Å². The van der Waals surface area contributed by atoms with E-state index in [1.54, 1.807) is 10.9 Å². The van der Waals surface area contributed by atoms with Crippen LogP contribution in [0.2, 0.25) is 0 Å². The lowest BCUT2D eigenvalue weighted by Gasteiger charge is -2.06. The summed E-state index contributed by atoms with van der Waals surface area (Å²) in [5.41, 5.74) is 6.01. The number of rotatable bonds is 7. The van der Waals surface area contributed by atoms with Crippen LogP contribution >= 0.6 is 0 Å². The monoisotopic (exact) mass is 252 g/mol. The van der Waals surface area contributed by atoms with Gasteiger partial charge >= 0.3 is 6.18 Å². The molecule has 0 aromatic carbocycles. The number of alkyl halides is 3. The topological polar surface area (TPSA) is 66.0 Å². The Bertz CT molecular complexity index is 326. The molecular weight excluding hydrogens is 237 g/mol. The van der Waals surface area contributed by atoms with Gasteiger partial charge in [-0.3, -0.25) is 0 Å². The molecule has 0 saturated heterocycles. The van der Waals surface area contributed by atoms with Crippen molar-refractivity contribution >= 4 is 0 Å². The smallest absolute Gasteiger partial charge is 0.380 e. The van der Waals surface area contributed by atoms with Crippen molar-refractivity contribution < 1.29 is 17.9 Å². The Labute approximate surface area is 96.7 Å². The molecule has 0 saturated carbocycles. The highest BCUT2D eigenvalue weighted by atomic mass is 19.4. The zero-order chi connectivity index (χ0) is 12.7. The molecular formula is C9H15F3N4O. The van der Waals surface area contributed by atoms with Crippen LogP contribution in [0.5, 0.6) is 0 Å². The average Bonchev–Trinajstić information content (AvgIpc) is 2.69. The molecule has 17 heavy (non-hydrogen) atoms. The van der Waals surface area contributed by atoms with E-state index in [4.69, 9.17) is 10.5 Å². The van der Waals surface area contributed by atoms with Gasteiger partial charge in [0.25, 0.3) is 0 Å². The highest BCUT2D eigenvalue weighted by Gasteiger charge is 2.25. The van der Waals surface area contributed by atoms with Crippen molar-refractivity contribution in [1.29, 1.82) is 0 Å². The van der Waals surface area contributed by atoms with E-state index in [2.05, 4.69) is 10.3 Å². The standard InChI is InChI=1S/C9H15F3N4O/c10-9(11,12)2-1-4-17-5-3-16-7-8(6-13)14-15-16/h7H,1-6,13H2. The SMILES string of the molecule is NCc1cn(CCOCCCC(F)(F)F)nn1. The van der Waals surface area contributed by atoms with Gasteiger partial charge in [0.1, 0.15) is 0 Å². The van der Waals surface area contributed by atoms with Gasteiger partial charge in [0.15, 0.2) is 0 Å². The number of nitrogens with zero attached hydrogens (tertiary/aromatic N) is 3. The van der Waals surface area contributed by atoms with Crippen molar-refractivity contribution in [3.8, 4) is 0 Å². The largest absolute Gasteiger partial charge is 0.389 e. The van der Waals surface area contributed by atoms with Crippen LogP contribution in [0.25, 0.3) is 0 Å². The van der Waals surface area contributed by atoms with E-state index in [9.17, 15) is 13.2 Å². The fourth-order valence-electron chi connectivity index (χ4n) is 1.18. The second kappa shape index (κ2) is 6.55. The van der Waals surface area contributed by atoms with Crippen LogP contribution in [-0.4, -0.2) is 34.4 Å². The Balaban J connectivity index is 2.04. The van der Waals surface area contributed by atoms with E-state index in [1.807, 2.05) is 0 Å². The second-order valence-corrected chi connectivity index (χ2v) is 3.51. The molecule has 0 radical (unpaired) electrons. The van der Waals surface area contributed by atoms with E-state index in [1.165, 1.54) is 0 Å². The fraction of sp³-hybridized carbons (Fsp3) is 0.778. The minimum atomic E-state index is -4.11. The first-order valence-electron chi connectivity index (χ1n) is 5.25. The van der Waals surface area contributed by atoms with Gasteiger partial charge in [-0.25, -0.2) is 4.68 Å². The summed E-state index contributed by atoms with van der Waals surface area (Å²) < 4.78 is 41.9. The number of ether oxygens (including phenoxy) is 1. The Morgan fingerprint density at radius 1 is 1.35 bits per heavy atom. The van der Waals surface area contributed by atoms with Crippen molar-refractivity contribution in [2.75, 3.05) is 13.2 Å². The number of nitrogens with two attached hydrogens (primary N) is 1. The van der Waals surface area contributed by atoms with E-state index in [0.29, 0.717) is 25.4 Å². The molecule has 1 aromatic rings. The normalized spacial score (nSPS) is 12.0. The maximum Gasteiger partial charge on any atom is 0.389 e. The molecule has 0 aliphatic rings. The van der Waals surface area contributed by atoms with E-state index >= 15 is 0 Å². The molecule has 1 heterocycles. The third-order valence-electron chi connectivity index (χ3n) is 2.01. The van der Waals surface area contributed by atoms with Gasteiger partial charge in [-0.2, -0.15) is 13.2 Å². The van der Waals surface area contributed by atoms with Crippen LogP contribution < -0.4 is 5.73 Å². The Morgan fingerprint density at radius 3 is 2.71 bits per heavy atom. The molecule has 1 rings (SSSR count). The molecule has 8 heteroatoms. The maximum atomic E-state index is 11.8. The molecule has 1 aromatic heterocycles. The number of hydrogen-bond donors (Lipinski definition) is 1. The lowest BCUT2D eigenvalue weighted by molar-refractivity contribution is -0.137. The predicted octanol–water partition coefficient (Wildman–Crippen LogP) is 1.10. The second-order valence-electron chi connectivity index (χ2n) is 3.51. The third kappa shape index (κ3) is 6.22. The van der Waals surface area contributed by atoms with Gasteiger partial charge in [0.2, 0.25) is 0 Å². The van der Waals surface area contributed by atoms with Gasteiger partial charge < -0.3 is 10.5 Å². The summed E-state index contributed by atoms with van der Waals surface area (Å²) in [6.07, 6.45) is -3.26. The summed E-state index contributed by atoms with van der Waals surface area (Å²) in [4.78, 5) is 0. The predicted molar refractivity (Wildman–Crippen MR) is 54.0 cm³/mol. The van der Waals surface area contributed by atoms with Crippen molar-refractivity contribution in [2.45, 2.75) is 32.1 Å². The molecule has 2 N–H and O–H groups in total. The fourth-order valence-corrected chi connectivity index (χ4v) is 1.18. The van der Waals surface area contributed by atoms with E-state index in [-0.39, 0.29) is 13.0 Å². The summed E-state index contributed by atoms with van der Waals surface area (Å²) in [6, 6.07) is 0. The van der Waals surface area contributed by atoms with Crippen molar-refractivity contribution in [1.82, 2.24) is 15.0 Å². The first-order chi connectivity index (χ1) is 8.01. The summed E-state index contributed by atoms with van der Waals surface area (Å²) in [5.74, 6) is 0. The van der Waals surface area contributed by atoms with Crippen LogP contribution in [-0.2, 0) is 17.8 Å². The van der Waals surface area contributed by atoms with Crippen LogP contribution in [0.3, 0.4) is 0 Å². The maximum absolute atomic E-state index is 11.8. The third-order valence-corrected chi connectivity index (χ3v) is 2.01. The van der Waals surface area contributed by atoms with Crippen molar-refractivity contribution in [3.63, 3.8) is 0 Å². The summed E-state index contributed by atoms with van der Waals surface area (Å²) in [6.45, 7) is 1.18. The van der Waals surface area contributed by atoms with Gasteiger partial charge in [0.05, 0.1) is 18.8 Å². The van der Waals surface area contributed by atoms with Crippen molar-refractivity contribution in [2.24, 2.45) is 5.73 Å². The van der Waals surface area contributed by atoms with Gasteiger partial charge in [-0.1, -0.05) is 5.21 Å². The highest BCUT2D eigenvalue weighted by Crippen LogP contribution is 2.20. The van der Waals surface area contributed by atoms with Crippen LogP contribution in [0, 0.1) is 0 Å². The first-order valence-corrected chi connectivity index (χ1v) is 5.25. The summed E-state index contributed by atoms with van der Waals surface area (Å²) in [5, 5.41) is 7.54. The van der Waals surface area contributed by atoms with Gasteiger partial charge in [0, 0.05) is 25.8 Å². The quantitative estimate of drug-likeness (QED) is 0.738. The molecule has 0 aliphatic heterocycles. The molecule has 0 bridgehead atoms. The first kappa shape index (κ1) is 13.9. The van der Waals surface area contributed by atoms with Crippen LogP contribution in [0.1, 0.15) is 18.5 Å². The molecule has 0 aliphatic carbocycles. The molecule has 0 amide bonds. The highest BCUT2D eigenvalue weighted by molar-refractivity contribution is 4.90. The lowest BCUT2D eigenvalue weighted by Crippen LogP contribution is -2.11. The van der Waals surface area contributed by atoms with Gasteiger partial charge in [-0.05, 0) is 6.42 Å². The average molecular weight is 252 g/mol. The molecule has 0 unspecified atom stereocenters. The van der Waals surface area contributed by atoms with E-state index in [0.717, 1.165) is 0 Å². The molecule has 98 valence electrons.